The standard InChI is InChI=1S/C7H6ClF2NO/c1-11(12)7-3-5(9)4(8)2-6(7)10/h2-3,12H,1H3. The molecule has 0 amide bonds. The third-order valence-corrected chi connectivity index (χ3v) is 1.63. The highest BCUT2D eigenvalue weighted by Gasteiger charge is 2.10. The maximum Gasteiger partial charge on any atom is 0.150 e. The summed E-state index contributed by atoms with van der Waals surface area (Å²) in [6.07, 6.45) is 0. The van der Waals surface area contributed by atoms with E-state index in [1.807, 2.05) is 0 Å². The van der Waals surface area contributed by atoms with Crippen LogP contribution in [0.5, 0.6) is 0 Å². The fourth-order valence-electron chi connectivity index (χ4n) is 0.760. The molecular weight excluding hydrogens is 188 g/mol. The van der Waals surface area contributed by atoms with E-state index >= 15 is 0 Å². The molecule has 1 aromatic rings. The lowest BCUT2D eigenvalue weighted by Crippen LogP contribution is -2.12. The van der Waals surface area contributed by atoms with Crippen molar-refractivity contribution in [2.24, 2.45) is 0 Å². The van der Waals surface area contributed by atoms with Crippen molar-refractivity contribution in [1.29, 1.82) is 0 Å². The number of anilines is 1. The molecule has 2 nitrogen and oxygen atoms in total. The Morgan fingerprint density at radius 2 is 1.92 bits per heavy atom. The van der Waals surface area contributed by atoms with Crippen LogP contribution in [0.25, 0.3) is 0 Å². The summed E-state index contributed by atoms with van der Waals surface area (Å²) in [5.74, 6) is -1.54. The largest absolute Gasteiger partial charge is 0.289 e. The Morgan fingerprint density at radius 3 is 2.42 bits per heavy atom. The van der Waals surface area contributed by atoms with E-state index in [1.54, 1.807) is 0 Å². The molecule has 0 atom stereocenters. The number of hydrogen-bond acceptors (Lipinski definition) is 2. The van der Waals surface area contributed by atoms with Gasteiger partial charge in [-0.1, -0.05) is 11.6 Å². The molecule has 0 aliphatic carbocycles. The fourth-order valence-corrected chi connectivity index (χ4v) is 0.910. The normalized spacial score (nSPS) is 10.1. The van der Waals surface area contributed by atoms with E-state index in [-0.39, 0.29) is 10.7 Å². The van der Waals surface area contributed by atoms with E-state index < -0.39 is 11.6 Å². The first-order valence-corrected chi connectivity index (χ1v) is 3.47. The Kier molecular flexibility index (Phi) is 2.49. The van der Waals surface area contributed by atoms with Crippen LogP contribution in [0.3, 0.4) is 0 Å². The summed E-state index contributed by atoms with van der Waals surface area (Å²) >= 11 is 5.28. The molecule has 5 heteroatoms. The molecule has 0 saturated carbocycles. The summed E-state index contributed by atoms with van der Waals surface area (Å²) in [7, 11) is 1.19. The summed E-state index contributed by atoms with van der Waals surface area (Å²) in [6, 6.07) is 1.62. The molecule has 12 heavy (non-hydrogen) atoms. The predicted octanol–water partition coefficient (Wildman–Crippen LogP) is 2.44. The molecule has 0 radical (unpaired) electrons. The number of benzene rings is 1. The summed E-state index contributed by atoms with van der Waals surface area (Å²) in [5.41, 5.74) is -0.253. The van der Waals surface area contributed by atoms with Crippen LogP contribution in [0.15, 0.2) is 12.1 Å². The Hall–Kier alpha value is -0.870. The van der Waals surface area contributed by atoms with Gasteiger partial charge in [0.15, 0.2) is 5.82 Å². The number of hydroxylamine groups is 1. The van der Waals surface area contributed by atoms with E-state index in [0.29, 0.717) is 5.06 Å². The molecular formula is C7H6ClF2NO. The van der Waals surface area contributed by atoms with Crippen molar-refractivity contribution in [2.45, 2.75) is 0 Å². The van der Waals surface area contributed by atoms with Crippen LogP contribution in [-0.2, 0) is 0 Å². The Bertz CT molecular complexity index is 304. The molecule has 1 aromatic carbocycles. The highest BCUT2D eigenvalue weighted by atomic mass is 35.5. The van der Waals surface area contributed by atoms with Gasteiger partial charge in [0.2, 0.25) is 0 Å². The molecule has 0 aliphatic rings. The zero-order valence-corrected chi connectivity index (χ0v) is 6.94. The monoisotopic (exact) mass is 193 g/mol. The van der Waals surface area contributed by atoms with Gasteiger partial charge >= 0.3 is 0 Å². The minimum atomic E-state index is -0.772. The van der Waals surface area contributed by atoms with Crippen molar-refractivity contribution in [1.82, 2.24) is 0 Å². The second-order valence-corrected chi connectivity index (χ2v) is 2.65. The Labute approximate surface area is 72.9 Å². The summed E-state index contributed by atoms with van der Waals surface area (Å²) in [5, 5.41) is 8.98. The van der Waals surface area contributed by atoms with Crippen molar-refractivity contribution in [3.8, 4) is 0 Å². The molecule has 0 bridgehead atoms. The average Bonchev–Trinajstić information content (AvgIpc) is 1.96. The second-order valence-electron chi connectivity index (χ2n) is 2.24. The molecule has 0 heterocycles. The highest BCUT2D eigenvalue weighted by molar-refractivity contribution is 6.30. The van der Waals surface area contributed by atoms with Crippen LogP contribution >= 0.6 is 11.6 Å². The van der Waals surface area contributed by atoms with Crippen molar-refractivity contribution in [2.75, 3.05) is 12.1 Å². The summed E-state index contributed by atoms with van der Waals surface area (Å²) < 4.78 is 25.5. The van der Waals surface area contributed by atoms with Crippen molar-refractivity contribution < 1.29 is 14.0 Å². The first-order chi connectivity index (χ1) is 5.52. The van der Waals surface area contributed by atoms with Gasteiger partial charge in [0.1, 0.15) is 11.5 Å². The lowest BCUT2D eigenvalue weighted by Gasteiger charge is -2.11. The van der Waals surface area contributed by atoms with Crippen molar-refractivity contribution in [3.63, 3.8) is 0 Å². The SMILES string of the molecule is CN(O)c1cc(F)c(Cl)cc1F. The minimum Gasteiger partial charge on any atom is -0.289 e. The van der Waals surface area contributed by atoms with Crippen LogP contribution in [0.4, 0.5) is 14.5 Å². The summed E-state index contributed by atoms with van der Waals surface area (Å²) in [6.45, 7) is 0. The zero-order valence-electron chi connectivity index (χ0n) is 6.18. The second kappa shape index (κ2) is 3.25. The van der Waals surface area contributed by atoms with Crippen LogP contribution in [0.1, 0.15) is 0 Å². The Balaban J connectivity index is 3.23. The molecule has 0 aliphatic heterocycles. The van der Waals surface area contributed by atoms with Gasteiger partial charge in [0, 0.05) is 13.1 Å². The number of nitrogens with zero attached hydrogens (tertiary/aromatic N) is 1. The van der Waals surface area contributed by atoms with Gasteiger partial charge in [-0.3, -0.25) is 10.3 Å². The van der Waals surface area contributed by atoms with Gasteiger partial charge in [-0.15, -0.1) is 0 Å². The quantitative estimate of drug-likeness (QED) is 0.547. The number of halogens is 3. The third kappa shape index (κ3) is 1.65. The smallest absolute Gasteiger partial charge is 0.150 e. The molecule has 0 spiro atoms. The molecule has 0 unspecified atom stereocenters. The predicted molar refractivity (Wildman–Crippen MR) is 41.6 cm³/mol. The topological polar surface area (TPSA) is 23.5 Å². The fraction of sp³-hybridized carbons (Fsp3) is 0.143. The first kappa shape index (κ1) is 9.22. The van der Waals surface area contributed by atoms with E-state index in [0.717, 1.165) is 12.1 Å². The molecule has 0 saturated heterocycles. The van der Waals surface area contributed by atoms with Crippen LogP contribution in [-0.4, -0.2) is 12.3 Å². The van der Waals surface area contributed by atoms with Crippen LogP contribution in [0.2, 0.25) is 5.02 Å². The third-order valence-electron chi connectivity index (χ3n) is 1.34. The molecule has 0 fully saturated rings. The van der Waals surface area contributed by atoms with E-state index in [9.17, 15) is 8.78 Å². The van der Waals surface area contributed by atoms with Gasteiger partial charge < -0.3 is 0 Å². The average molecular weight is 194 g/mol. The zero-order chi connectivity index (χ0) is 9.30. The lowest BCUT2D eigenvalue weighted by molar-refractivity contribution is 0.275. The summed E-state index contributed by atoms with van der Waals surface area (Å²) in [4.78, 5) is 0. The van der Waals surface area contributed by atoms with Crippen LogP contribution < -0.4 is 5.06 Å². The number of rotatable bonds is 1. The van der Waals surface area contributed by atoms with Gasteiger partial charge in [-0.2, -0.15) is 0 Å². The van der Waals surface area contributed by atoms with Crippen LogP contribution in [0, 0.1) is 11.6 Å². The molecule has 1 N–H and O–H groups in total. The minimum absolute atomic E-state index is 0.253. The maximum absolute atomic E-state index is 12.8. The van der Waals surface area contributed by atoms with E-state index in [2.05, 4.69) is 0 Å². The Morgan fingerprint density at radius 1 is 1.33 bits per heavy atom. The first-order valence-electron chi connectivity index (χ1n) is 3.09. The van der Waals surface area contributed by atoms with E-state index in [1.165, 1.54) is 7.05 Å². The van der Waals surface area contributed by atoms with Gasteiger partial charge in [-0.05, 0) is 6.07 Å². The highest BCUT2D eigenvalue weighted by Crippen LogP contribution is 2.24. The molecule has 1 rings (SSSR count). The lowest BCUT2D eigenvalue weighted by atomic mass is 10.3. The molecule has 66 valence electrons. The molecule has 0 aromatic heterocycles. The van der Waals surface area contributed by atoms with Gasteiger partial charge in [0.05, 0.1) is 5.02 Å². The van der Waals surface area contributed by atoms with Gasteiger partial charge in [-0.25, -0.2) is 8.78 Å². The van der Waals surface area contributed by atoms with Gasteiger partial charge in [0.25, 0.3) is 0 Å². The number of hydrogen-bond donors (Lipinski definition) is 1. The van der Waals surface area contributed by atoms with Crippen molar-refractivity contribution >= 4 is 17.3 Å². The van der Waals surface area contributed by atoms with E-state index in [4.69, 9.17) is 16.8 Å². The van der Waals surface area contributed by atoms with Crippen molar-refractivity contribution in [3.05, 3.63) is 28.8 Å². The maximum atomic E-state index is 12.8.